The van der Waals surface area contributed by atoms with E-state index in [-0.39, 0.29) is 23.6 Å². The highest BCUT2D eigenvalue weighted by atomic mass is 32.2. The van der Waals surface area contributed by atoms with Crippen molar-refractivity contribution in [3.8, 4) is 0 Å². The maximum Gasteiger partial charge on any atom is 0.235 e. The molecular formula is C17H22N6OS2. The van der Waals surface area contributed by atoms with Crippen molar-refractivity contribution in [3.63, 3.8) is 0 Å². The van der Waals surface area contributed by atoms with Gasteiger partial charge < -0.3 is 11.1 Å². The van der Waals surface area contributed by atoms with Crippen LogP contribution < -0.4 is 11.1 Å². The Bertz CT molecular complexity index is 933. The third-order valence-electron chi connectivity index (χ3n) is 4.00. The van der Waals surface area contributed by atoms with Crippen LogP contribution in [-0.2, 0) is 4.79 Å². The lowest BCUT2D eigenvalue weighted by atomic mass is 10.1. The van der Waals surface area contributed by atoms with Gasteiger partial charge in [0.2, 0.25) is 10.9 Å². The topological polar surface area (TPSA) is 98.2 Å². The molecule has 2 aromatic heterocycles. The van der Waals surface area contributed by atoms with Gasteiger partial charge in [-0.3, -0.25) is 4.79 Å². The van der Waals surface area contributed by atoms with Crippen LogP contribution in [0.5, 0.6) is 0 Å². The van der Waals surface area contributed by atoms with E-state index in [0.717, 1.165) is 15.6 Å². The van der Waals surface area contributed by atoms with Crippen molar-refractivity contribution in [2.24, 2.45) is 11.7 Å². The van der Waals surface area contributed by atoms with Gasteiger partial charge in [-0.1, -0.05) is 54.6 Å². The van der Waals surface area contributed by atoms with Crippen molar-refractivity contribution in [2.75, 3.05) is 11.1 Å². The maximum absolute atomic E-state index is 12.2. The monoisotopic (exact) mass is 390 g/mol. The normalized spacial score (nSPS) is 12.7. The number of carbonyl (C=O) groups is 1. The number of nitrogens with two attached hydrogens (primary N) is 1. The van der Waals surface area contributed by atoms with Gasteiger partial charge in [-0.25, -0.2) is 0 Å². The molecule has 138 valence electrons. The van der Waals surface area contributed by atoms with Gasteiger partial charge in [-0.05, 0) is 31.4 Å². The first-order valence-electron chi connectivity index (χ1n) is 8.32. The van der Waals surface area contributed by atoms with Gasteiger partial charge in [0.15, 0.2) is 10.2 Å². The van der Waals surface area contributed by atoms with E-state index in [9.17, 15) is 4.79 Å². The number of thioether (sulfide) groups is 1. The Hall–Kier alpha value is -1.97. The molecule has 0 saturated carbocycles. The minimum Gasteiger partial charge on any atom is -0.325 e. The average Bonchev–Trinajstić information content (AvgIpc) is 3.15. The van der Waals surface area contributed by atoms with E-state index >= 15 is 0 Å². The molecule has 0 spiro atoms. The van der Waals surface area contributed by atoms with Gasteiger partial charge in [0.1, 0.15) is 0 Å². The molecule has 0 radical (unpaired) electrons. The Morgan fingerprint density at radius 2 is 2.12 bits per heavy atom. The number of nitrogens with one attached hydrogen (secondary N) is 1. The van der Waals surface area contributed by atoms with Crippen LogP contribution in [0.4, 0.5) is 5.69 Å². The number of anilines is 1. The number of nitrogens with zero attached hydrogens (tertiary/aromatic N) is 4. The van der Waals surface area contributed by atoms with Gasteiger partial charge in [-0.2, -0.15) is 4.52 Å². The number of hydrogen-bond donors (Lipinski definition) is 2. The summed E-state index contributed by atoms with van der Waals surface area (Å²) in [7, 11) is 0. The average molecular weight is 391 g/mol. The smallest absolute Gasteiger partial charge is 0.235 e. The van der Waals surface area contributed by atoms with Gasteiger partial charge >= 0.3 is 0 Å². The summed E-state index contributed by atoms with van der Waals surface area (Å²) in [6, 6.07) is 5.73. The summed E-state index contributed by atoms with van der Waals surface area (Å²) in [5.41, 5.74) is 9.22. The molecule has 3 N–H and O–H groups in total. The zero-order valence-electron chi connectivity index (χ0n) is 15.2. The van der Waals surface area contributed by atoms with Gasteiger partial charge in [0.25, 0.3) is 0 Å². The molecule has 26 heavy (non-hydrogen) atoms. The lowest BCUT2D eigenvalue weighted by Gasteiger charge is -2.11. The second kappa shape index (κ2) is 7.73. The van der Waals surface area contributed by atoms with Crippen LogP contribution in [0.2, 0.25) is 0 Å². The largest absolute Gasteiger partial charge is 0.325 e. The van der Waals surface area contributed by atoms with Crippen molar-refractivity contribution >= 4 is 39.7 Å². The fourth-order valence-corrected chi connectivity index (χ4v) is 4.13. The van der Waals surface area contributed by atoms with Crippen LogP contribution >= 0.6 is 23.1 Å². The zero-order chi connectivity index (χ0) is 18.8. The van der Waals surface area contributed by atoms with Crippen LogP contribution in [0.1, 0.15) is 36.8 Å². The van der Waals surface area contributed by atoms with Gasteiger partial charge in [0, 0.05) is 5.69 Å². The Labute approximate surface area is 160 Å². The third-order valence-corrected chi connectivity index (χ3v) is 6.03. The molecule has 0 saturated heterocycles. The predicted molar refractivity (Wildman–Crippen MR) is 106 cm³/mol. The van der Waals surface area contributed by atoms with E-state index in [1.165, 1.54) is 28.7 Å². The summed E-state index contributed by atoms with van der Waals surface area (Å²) in [5, 5.41) is 15.7. The number of fused-ring (bicyclic) bond motifs is 1. The molecule has 1 atom stereocenters. The molecular weight excluding hydrogens is 368 g/mol. The highest BCUT2D eigenvalue weighted by Gasteiger charge is 2.20. The minimum absolute atomic E-state index is 0.0629. The van der Waals surface area contributed by atoms with Gasteiger partial charge in [-0.15, -0.1) is 15.3 Å². The molecule has 9 heteroatoms. The summed E-state index contributed by atoms with van der Waals surface area (Å²) in [4.78, 5) is 12.9. The quantitative estimate of drug-likeness (QED) is 0.627. The van der Waals surface area contributed by atoms with Crippen molar-refractivity contribution in [1.29, 1.82) is 0 Å². The van der Waals surface area contributed by atoms with Crippen LogP contribution in [-0.4, -0.2) is 31.5 Å². The summed E-state index contributed by atoms with van der Waals surface area (Å²) < 4.78 is 2.45. The molecule has 1 unspecified atom stereocenters. The molecule has 7 nitrogen and oxygen atoms in total. The van der Waals surface area contributed by atoms with E-state index in [2.05, 4.69) is 20.6 Å². The lowest BCUT2D eigenvalue weighted by molar-refractivity contribution is -0.113. The summed E-state index contributed by atoms with van der Waals surface area (Å²) in [6.07, 6.45) is 0. The first kappa shape index (κ1) is 18.8. The number of aromatic nitrogens is 4. The Morgan fingerprint density at radius 1 is 1.35 bits per heavy atom. The highest BCUT2D eigenvalue weighted by Crippen LogP contribution is 2.27. The molecule has 1 amide bonds. The summed E-state index contributed by atoms with van der Waals surface area (Å²) in [6.45, 7) is 8.08. The molecule has 0 bridgehead atoms. The first-order chi connectivity index (χ1) is 12.3. The van der Waals surface area contributed by atoms with Crippen molar-refractivity contribution < 1.29 is 4.79 Å². The van der Waals surface area contributed by atoms with Crippen molar-refractivity contribution in [3.05, 3.63) is 35.2 Å². The van der Waals surface area contributed by atoms with E-state index in [4.69, 9.17) is 5.73 Å². The fraction of sp³-hybridized carbons (Fsp3) is 0.412. The number of hydrogen-bond acceptors (Lipinski definition) is 7. The van der Waals surface area contributed by atoms with Crippen LogP contribution in [0.3, 0.4) is 0 Å². The highest BCUT2D eigenvalue weighted by molar-refractivity contribution is 8.01. The molecule has 3 rings (SSSR count). The number of aryl methyl sites for hydroxylation is 2. The van der Waals surface area contributed by atoms with Crippen LogP contribution in [0, 0.1) is 19.8 Å². The molecule has 3 aromatic rings. The minimum atomic E-state index is -0.224. The Kier molecular flexibility index (Phi) is 5.59. The number of carbonyl (C=O) groups excluding carboxylic acids is 1. The zero-order valence-corrected chi connectivity index (χ0v) is 16.8. The van der Waals surface area contributed by atoms with E-state index < -0.39 is 0 Å². The summed E-state index contributed by atoms with van der Waals surface area (Å²) in [5.74, 6) is 1.11. The SMILES string of the molecule is Cc1ccc(NC(=O)CSc2nn3c(C(N)C(C)C)nnc3s2)c(C)c1. The fourth-order valence-electron chi connectivity index (χ4n) is 2.45. The lowest BCUT2D eigenvalue weighted by Crippen LogP contribution is -2.20. The molecule has 1 aromatic carbocycles. The Morgan fingerprint density at radius 3 is 2.81 bits per heavy atom. The maximum atomic E-state index is 12.2. The molecule has 0 aliphatic carbocycles. The van der Waals surface area contributed by atoms with Crippen LogP contribution in [0.15, 0.2) is 22.5 Å². The van der Waals surface area contributed by atoms with E-state index in [0.29, 0.717) is 10.8 Å². The second-order valence-corrected chi connectivity index (χ2v) is 8.72. The van der Waals surface area contributed by atoms with E-state index in [1.54, 1.807) is 4.52 Å². The molecule has 0 aliphatic rings. The number of rotatable bonds is 6. The summed E-state index contributed by atoms with van der Waals surface area (Å²) >= 11 is 2.79. The predicted octanol–water partition coefficient (Wildman–Crippen LogP) is 3.19. The van der Waals surface area contributed by atoms with Crippen molar-refractivity contribution in [2.45, 2.75) is 38.1 Å². The standard InChI is InChI=1S/C17H22N6OS2/c1-9(2)14(18)15-20-21-16-23(15)22-17(26-16)25-8-13(24)19-12-6-5-10(3)7-11(12)4/h5-7,9,14H,8,18H2,1-4H3,(H,19,24). The second-order valence-electron chi connectivity index (χ2n) is 6.55. The van der Waals surface area contributed by atoms with Gasteiger partial charge in [0.05, 0.1) is 11.8 Å². The van der Waals surface area contributed by atoms with Crippen LogP contribution in [0.25, 0.3) is 4.96 Å². The molecule has 0 fully saturated rings. The van der Waals surface area contributed by atoms with E-state index in [1.807, 2.05) is 45.9 Å². The Balaban J connectivity index is 1.65. The first-order valence-corrected chi connectivity index (χ1v) is 10.1. The van der Waals surface area contributed by atoms with Crippen molar-refractivity contribution in [1.82, 2.24) is 19.8 Å². The third kappa shape index (κ3) is 4.05. The number of benzene rings is 1. The molecule has 2 heterocycles. The number of amides is 1. The molecule has 0 aliphatic heterocycles.